The van der Waals surface area contributed by atoms with E-state index in [-0.39, 0.29) is 11.8 Å². The lowest BCUT2D eigenvalue weighted by molar-refractivity contribution is -0.126. The molecule has 1 saturated heterocycles. The first-order valence-electron chi connectivity index (χ1n) is 11.6. The average molecular weight is 480 g/mol. The summed E-state index contributed by atoms with van der Waals surface area (Å²) < 4.78 is 11.1. The number of pyridine rings is 1. The lowest BCUT2D eigenvalue weighted by Gasteiger charge is -2.31. The van der Waals surface area contributed by atoms with Crippen molar-refractivity contribution in [3.63, 3.8) is 0 Å². The summed E-state index contributed by atoms with van der Waals surface area (Å²) in [5, 5.41) is 3.79. The predicted octanol–water partition coefficient (Wildman–Crippen LogP) is 4.82. The molecule has 1 aliphatic rings. The maximum atomic E-state index is 12.8. The molecule has 4 rings (SSSR count). The van der Waals surface area contributed by atoms with E-state index in [0.29, 0.717) is 18.2 Å². The Morgan fingerprint density at radius 2 is 1.85 bits per heavy atom. The number of methoxy groups -OCH3 is 1. The SMILES string of the molecule is COc1cccc(OCCN2CCC(C(=O)NCc3ncccc3-c3ccc(Cl)cc3)CC2)c1. The number of carbonyl (C=O) groups is 1. The Morgan fingerprint density at radius 1 is 1.09 bits per heavy atom. The van der Waals surface area contributed by atoms with E-state index < -0.39 is 0 Å². The highest BCUT2D eigenvalue weighted by atomic mass is 35.5. The summed E-state index contributed by atoms with van der Waals surface area (Å²) in [6.45, 7) is 3.63. The minimum atomic E-state index is 0.0262. The lowest BCUT2D eigenvalue weighted by Crippen LogP contribution is -2.41. The molecule has 0 saturated carbocycles. The second kappa shape index (κ2) is 11.9. The molecule has 0 radical (unpaired) electrons. The van der Waals surface area contributed by atoms with E-state index in [2.05, 4.69) is 15.2 Å². The molecule has 1 aromatic heterocycles. The summed E-state index contributed by atoms with van der Waals surface area (Å²) in [6.07, 6.45) is 3.45. The van der Waals surface area contributed by atoms with Crippen molar-refractivity contribution in [1.82, 2.24) is 15.2 Å². The second-order valence-corrected chi connectivity index (χ2v) is 8.80. The highest BCUT2D eigenvalue weighted by Gasteiger charge is 2.25. The monoisotopic (exact) mass is 479 g/mol. The Labute approximate surface area is 205 Å². The number of rotatable bonds is 9. The Morgan fingerprint density at radius 3 is 2.62 bits per heavy atom. The van der Waals surface area contributed by atoms with E-state index in [1.54, 1.807) is 13.3 Å². The van der Waals surface area contributed by atoms with Gasteiger partial charge in [0.1, 0.15) is 18.1 Å². The molecule has 1 fully saturated rings. The van der Waals surface area contributed by atoms with Crippen LogP contribution in [0.2, 0.25) is 5.02 Å². The molecule has 0 spiro atoms. The summed E-state index contributed by atoms with van der Waals surface area (Å²) in [4.78, 5) is 19.7. The molecular weight excluding hydrogens is 450 g/mol. The van der Waals surface area contributed by atoms with Gasteiger partial charge in [0.25, 0.3) is 0 Å². The normalized spacial score (nSPS) is 14.5. The van der Waals surface area contributed by atoms with Crippen LogP contribution in [0.3, 0.4) is 0 Å². The van der Waals surface area contributed by atoms with Crippen LogP contribution in [0, 0.1) is 5.92 Å². The zero-order chi connectivity index (χ0) is 23.8. The number of halogens is 1. The molecule has 6 nitrogen and oxygen atoms in total. The largest absolute Gasteiger partial charge is 0.497 e. The van der Waals surface area contributed by atoms with Crippen LogP contribution in [-0.4, -0.2) is 49.1 Å². The first-order chi connectivity index (χ1) is 16.6. The average Bonchev–Trinajstić information content (AvgIpc) is 2.88. The third-order valence-electron chi connectivity index (χ3n) is 6.15. The van der Waals surface area contributed by atoms with E-state index in [4.69, 9.17) is 21.1 Å². The Balaban J connectivity index is 1.22. The van der Waals surface area contributed by atoms with Crippen molar-refractivity contribution in [2.24, 2.45) is 5.92 Å². The molecule has 7 heteroatoms. The summed E-state index contributed by atoms with van der Waals surface area (Å²) >= 11 is 6.02. The van der Waals surface area contributed by atoms with Crippen LogP contribution in [0.25, 0.3) is 11.1 Å². The topological polar surface area (TPSA) is 63.7 Å². The maximum absolute atomic E-state index is 12.8. The van der Waals surface area contributed by atoms with Crippen LogP contribution in [0.1, 0.15) is 18.5 Å². The lowest BCUT2D eigenvalue weighted by atomic mass is 9.95. The predicted molar refractivity (Wildman–Crippen MR) is 134 cm³/mol. The van der Waals surface area contributed by atoms with Crippen LogP contribution >= 0.6 is 11.6 Å². The Hall–Kier alpha value is -3.09. The first kappa shape index (κ1) is 24.0. The molecule has 2 aromatic carbocycles. The van der Waals surface area contributed by atoms with Gasteiger partial charge in [-0.15, -0.1) is 0 Å². The summed E-state index contributed by atoms with van der Waals surface area (Å²) in [7, 11) is 1.65. The fourth-order valence-electron chi connectivity index (χ4n) is 4.19. The van der Waals surface area contributed by atoms with Crippen molar-refractivity contribution in [2.75, 3.05) is 33.4 Å². The molecule has 1 aliphatic heterocycles. The third-order valence-corrected chi connectivity index (χ3v) is 6.40. The van der Waals surface area contributed by atoms with Crippen molar-refractivity contribution in [2.45, 2.75) is 19.4 Å². The molecule has 1 N–H and O–H groups in total. The molecule has 0 atom stereocenters. The number of nitrogens with zero attached hydrogens (tertiary/aromatic N) is 2. The number of piperidine rings is 1. The van der Waals surface area contributed by atoms with Crippen LogP contribution < -0.4 is 14.8 Å². The van der Waals surface area contributed by atoms with Crippen molar-refractivity contribution >= 4 is 17.5 Å². The van der Waals surface area contributed by atoms with Crippen molar-refractivity contribution in [3.8, 4) is 22.6 Å². The number of aromatic nitrogens is 1. The fourth-order valence-corrected chi connectivity index (χ4v) is 4.31. The number of amides is 1. The Kier molecular flexibility index (Phi) is 8.39. The second-order valence-electron chi connectivity index (χ2n) is 8.37. The molecule has 0 aliphatic carbocycles. The quantitative estimate of drug-likeness (QED) is 0.476. The number of ether oxygens (including phenoxy) is 2. The smallest absolute Gasteiger partial charge is 0.223 e. The van der Waals surface area contributed by atoms with E-state index in [9.17, 15) is 4.79 Å². The van der Waals surface area contributed by atoms with Gasteiger partial charge in [0, 0.05) is 35.3 Å². The van der Waals surface area contributed by atoms with Gasteiger partial charge >= 0.3 is 0 Å². The molecular formula is C27H30ClN3O3. The van der Waals surface area contributed by atoms with Gasteiger partial charge in [-0.1, -0.05) is 35.9 Å². The van der Waals surface area contributed by atoms with Crippen LogP contribution in [0.15, 0.2) is 66.9 Å². The zero-order valence-electron chi connectivity index (χ0n) is 19.4. The zero-order valence-corrected chi connectivity index (χ0v) is 20.1. The van der Waals surface area contributed by atoms with Gasteiger partial charge in [-0.2, -0.15) is 0 Å². The summed E-state index contributed by atoms with van der Waals surface area (Å²) in [6, 6.07) is 19.2. The van der Waals surface area contributed by atoms with Gasteiger partial charge in [0.2, 0.25) is 5.91 Å². The molecule has 178 valence electrons. The maximum Gasteiger partial charge on any atom is 0.223 e. The van der Waals surface area contributed by atoms with E-state index in [1.165, 1.54) is 0 Å². The summed E-state index contributed by atoms with van der Waals surface area (Å²) in [5.41, 5.74) is 2.89. The van der Waals surface area contributed by atoms with Gasteiger partial charge in [-0.3, -0.25) is 14.7 Å². The number of nitrogens with one attached hydrogen (secondary N) is 1. The first-order valence-corrected chi connectivity index (χ1v) is 12.0. The van der Waals surface area contributed by atoms with Gasteiger partial charge in [0.05, 0.1) is 19.3 Å². The molecule has 0 bridgehead atoms. The number of likely N-dealkylation sites (tertiary alicyclic amines) is 1. The summed E-state index contributed by atoms with van der Waals surface area (Å²) in [5.74, 6) is 1.72. The number of benzene rings is 2. The third kappa shape index (κ3) is 6.49. The Bertz CT molecular complexity index is 1080. The van der Waals surface area contributed by atoms with E-state index in [0.717, 1.165) is 60.8 Å². The van der Waals surface area contributed by atoms with Crippen molar-refractivity contribution < 1.29 is 14.3 Å². The molecule has 34 heavy (non-hydrogen) atoms. The number of hydrogen-bond donors (Lipinski definition) is 1. The number of hydrogen-bond acceptors (Lipinski definition) is 5. The van der Waals surface area contributed by atoms with Crippen molar-refractivity contribution in [1.29, 1.82) is 0 Å². The minimum Gasteiger partial charge on any atom is -0.497 e. The highest BCUT2D eigenvalue weighted by molar-refractivity contribution is 6.30. The molecule has 2 heterocycles. The molecule has 3 aromatic rings. The standard InChI is InChI=1S/C27H30ClN3O3/c1-33-23-4-2-5-24(18-23)34-17-16-31-14-11-21(12-15-31)27(32)30-19-26-25(6-3-13-29-26)20-7-9-22(28)10-8-20/h2-10,13,18,21H,11-12,14-17,19H2,1H3,(H,30,32). The van der Waals surface area contributed by atoms with Gasteiger partial charge < -0.3 is 14.8 Å². The molecule has 1 amide bonds. The number of carbonyl (C=O) groups excluding carboxylic acids is 1. The van der Waals surface area contributed by atoms with Crippen LogP contribution in [0.5, 0.6) is 11.5 Å². The highest BCUT2D eigenvalue weighted by Crippen LogP contribution is 2.24. The van der Waals surface area contributed by atoms with Gasteiger partial charge in [-0.05, 0) is 61.8 Å². The van der Waals surface area contributed by atoms with Crippen LogP contribution in [-0.2, 0) is 11.3 Å². The van der Waals surface area contributed by atoms with E-state index >= 15 is 0 Å². The van der Waals surface area contributed by atoms with Crippen molar-refractivity contribution in [3.05, 3.63) is 77.6 Å². The van der Waals surface area contributed by atoms with E-state index in [1.807, 2.05) is 60.7 Å². The van der Waals surface area contributed by atoms with Gasteiger partial charge in [-0.25, -0.2) is 0 Å². The van der Waals surface area contributed by atoms with Gasteiger partial charge in [0.15, 0.2) is 0 Å². The fraction of sp³-hybridized carbons (Fsp3) is 0.333. The molecule has 0 unspecified atom stereocenters. The minimum absolute atomic E-state index is 0.0262. The van der Waals surface area contributed by atoms with Crippen LogP contribution in [0.4, 0.5) is 0 Å².